The van der Waals surface area contributed by atoms with E-state index in [9.17, 15) is 5.11 Å². The molecule has 1 heterocycles. The van der Waals surface area contributed by atoms with Crippen LogP contribution >= 0.6 is 11.6 Å². The molecule has 1 aromatic carbocycles. The molecule has 0 radical (unpaired) electrons. The first kappa shape index (κ1) is 13.5. The largest absolute Gasteiger partial charge is 0.489 e. The zero-order chi connectivity index (χ0) is 13.1. The molecule has 0 saturated carbocycles. The van der Waals surface area contributed by atoms with E-state index in [1.165, 1.54) is 0 Å². The molecule has 1 unspecified atom stereocenters. The number of aliphatic hydroxyl groups excluding tert-OH is 1. The minimum absolute atomic E-state index is 0.469. The first-order valence-corrected chi connectivity index (χ1v) is 6.44. The second-order valence-electron chi connectivity index (χ2n) is 4.35. The second-order valence-corrected chi connectivity index (χ2v) is 4.76. The van der Waals surface area contributed by atoms with Crippen LogP contribution in [0.25, 0.3) is 0 Å². The van der Waals surface area contributed by atoms with Crippen molar-refractivity contribution in [2.24, 2.45) is 0 Å². The molecule has 2 N–H and O–H groups in total. The van der Waals surface area contributed by atoms with Gasteiger partial charge >= 0.3 is 0 Å². The SMILES string of the molecule is CNCC(O)c1cc(Cl)c2c(c1C)OCCCO2. The Kier molecular flexibility index (Phi) is 4.32. The molecule has 4 nitrogen and oxygen atoms in total. The van der Waals surface area contributed by atoms with E-state index in [2.05, 4.69) is 5.32 Å². The molecule has 5 heteroatoms. The smallest absolute Gasteiger partial charge is 0.180 e. The third-order valence-electron chi connectivity index (χ3n) is 3.02. The summed E-state index contributed by atoms with van der Waals surface area (Å²) in [6.45, 7) is 3.59. The van der Waals surface area contributed by atoms with Crippen molar-refractivity contribution in [2.45, 2.75) is 19.4 Å². The quantitative estimate of drug-likeness (QED) is 0.884. The van der Waals surface area contributed by atoms with E-state index in [1.54, 1.807) is 13.1 Å². The second kappa shape index (κ2) is 5.78. The van der Waals surface area contributed by atoms with Crippen molar-refractivity contribution in [2.75, 3.05) is 26.8 Å². The van der Waals surface area contributed by atoms with Gasteiger partial charge in [-0.15, -0.1) is 0 Å². The van der Waals surface area contributed by atoms with Gasteiger partial charge in [-0.25, -0.2) is 0 Å². The summed E-state index contributed by atoms with van der Waals surface area (Å²) in [5, 5.41) is 13.5. The standard InChI is InChI=1S/C13H18ClNO3/c1-8-9(11(16)7-15-2)6-10(14)13-12(8)17-4-3-5-18-13/h6,11,15-16H,3-5,7H2,1-2H3. The van der Waals surface area contributed by atoms with Crippen LogP contribution in [0.3, 0.4) is 0 Å². The van der Waals surface area contributed by atoms with Crippen molar-refractivity contribution in [1.82, 2.24) is 5.32 Å². The van der Waals surface area contributed by atoms with Gasteiger partial charge in [0.1, 0.15) is 0 Å². The lowest BCUT2D eigenvalue weighted by Gasteiger charge is -2.19. The predicted octanol–water partition coefficient (Wildman–Crippen LogP) is 2.06. The Morgan fingerprint density at radius 3 is 2.72 bits per heavy atom. The first-order valence-electron chi connectivity index (χ1n) is 6.06. The Morgan fingerprint density at radius 2 is 2.06 bits per heavy atom. The lowest BCUT2D eigenvalue weighted by atomic mass is 10.0. The molecule has 1 aliphatic heterocycles. The fourth-order valence-corrected chi connectivity index (χ4v) is 2.34. The van der Waals surface area contributed by atoms with Crippen molar-refractivity contribution in [3.8, 4) is 11.5 Å². The summed E-state index contributed by atoms with van der Waals surface area (Å²) in [4.78, 5) is 0. The Bertz CT molecular complexity index is 437. The maximum Gasteiger partial charge on any atom is 0.180 e. The molecule has 0 bridgehead atoms. The highest BCUT2D eigenvalue weighted by Crippen LogP contribution is 2.42. The number of hydrogen-bond acceptors (Lipinski definition) is 4. The summed E-state index contributed by atoms with van der Waals surface area (Å²) >= 11 is 6.20. The maximum absolute atomic E-state index is 10.1. The summed E-state index contributed by atoms with van der Waals surface area (Å²) in [6.07, 6.45) is 0.225. The molecule has 0 amide bonds. The number of likely N-dealkylation sites (N-methyl/N-ethyl adjacent to an activating group) is 1. The highest BCUT2D eigenvalue weighted by atomic mass is 35.5. The summed E-state index contributed by atoms with van der Waals surface area (Å²) in [6, 6.07) is 1.76. The molecule has 1 aliphatic rings. The van der Waals surface area contributed by atoms with Crippen molar-refractivity contribution in [3.63, 3.8) is 0 Å². The molecule has 1 atom stereocenters. The van der Waals surface area contributed by atoms with Crippen LogP contribution in [-0.4, -0.2) is 31.9 Å². The van der Waals surface area contributed by atoms with E-state index in [-0.39, 0.29) is 0 Å². The zero-order valence-corrected chi connectivity index (χ0v) is 11.4. The van der Waals surface area contributed by atoms with Crippen LogP contribution < -0.4 is 14.8 Å². The Morgan fingerprint density at radius 1 is 1.39 bits per heavy atom. The van der Waals surface area contributed by atoms with E-state index < -0.39 is 6.10 Å². The predicted molar refractivity (Wildman–Crippen MR) is 70.7 cm³/mol. The van der Waals surface area contributed by atoms with E-state index in [1.807, 2.05) is 6.92 Å². The maximum atomic E-state index is 10.1. The van der Waals surface area contributed by atoms with Gasteiger partial charge in [0.2, 0.25) is 0 Å². The number of benzene rings is 1. The molecule has 0 aromatic heterocycles. The van der Waals surface area contributed by atoms with Crippen LogP contribution in [0.2, 0.25) is 5.02 Å². The molecule has 0 saturated heterocycles. The van der Waals surface area contributed by atoms with E-state index in [4.69, 9.17) is 21.1 Å². The zero-order valence-electron chi connectivity index (χ0n) is 10.6. The third-order valence-corrected chi connectivity index (χ3v) is 3.30. The minimum Gasteiger partial charge on any atom is -0.489 e. The topological polar surface area (TPSA) is 50.7 Å². The van der Waals surface area contributed by atoms with Crippen molar-refractivity contribution in [3.05, 3.63) is 22.2 Å². The number of halogens is 1. The van der Waals surface area contributed by atoms with E-state index >= 15 is 0 Å². The van der Waals surface area contributed by atoms with Gasteiger partial charge in [0.15, 0.2) is 11.5 Å². The highest BCUT2D eigenvalue weighted by molar-refractivity contribution is 6.32. The van der Waals surface area contributed by atoms with Crippen molar-refractivity contribution < 1.29 is 14.6 Å². The molecule has 1 aromatic rings. The van der Waals surface area contributed by atoms with Gasteiger partial charge in [0, 0.05) is 18.5 Å². The van der Waals surface area contributed by atoms with Crippen LogP contribution in [-0.2, 0) is 0 Å². The lowest BCUT2D eigenvalue weighted by Crippen LogP contribution is -2.17. The van der Waals surface area contributed by atoms with Crippen LogP contribution in [0.15, 0.2) is 6.07 Å². The molecule has 0 fully saturated rings. The number of ether oxygens (including phenoxy) is 2. The number of aliphatic hydroxyl groups is 1. The number of hydrogen-bond donors (Lipinski definition) is 2. The van der Waals surface area contributed by atoms with Gasteiger partial charge in [-0.1, -0.05) is 11.6 Å². The third kappa shape index (κ3) is 2.55. The first-order chi connectivity index (χ1) is 8.65. The Labute approximate surface area is 112 Å². The normalized spacial score (nSPS) is 16.2. The molecule has 2 rings (SSSR count). The number of fused-ring (bicyclic) bond motifs is 1. The van der Waals surface area contributed by atoms with Crippen LogP contribution in [0.5, 0.6) is 11.5 Å². The number of rotatable bonds is 3. The minimum atomic E-state index is -0.607. The van der Waals surface area contributed by atoms with Crippen molar-refractivity contribution >= 4 is 11.6 Å². The van der Waals surface area contributed by atoms with Crippen molar-refractivity contribution in [1.29, 1.82) is 0 Å². The molecule has 100 valence electrons. The van der Waals surface area contributed by atoms with Gasteiger partial charge in [0.05, 0.1) is 24.3 Å². The van der Waals surface area contributed by atoms with Gasteiger partial charge < -0.3 is 19.9 Å². The Balaban J connectivity index is 2.45. The summed E-state index contributed by atoms with van der Waals surface area (Å²) in [5.41, 5.74) is 1.66. The van der Waals surface area contributed by atoms with Crippen LogP contribution in [0.4, 0.5) is 0 Å². The summed E-state index contributed by atoms with van der Waals surface area (Å²) in [7, 11) is 1.79. The molecular formula is C13H18ClNO3. The van der Waals surface area contributed by atoms with Crippen LogP contribution in [0, 0.1) is 6.92 Å². The Hall–Kier alpha value is -0.970. The fraction of sp³-hybridized carbons (Fsp3) is 0.538. The number of nitrogens with one attached hydrogen (secondary N) is 1. The average molecular weight is 272 g/mol. The molecule has 0 aliphatic carbocycles. The van der Waals surface area contributed by atoms with Gasteiger partial charge in [0.25, 0.3) is 0 Å². The fourth-order valence-electron chi connectivity index (χ4n) is 2.09. The molecule has 18 heavy (non-hydrogen) atoms. The molecular weight excluding hydrogens is 254 g/mol. The highest BCUT2D eigenvalue weighted by Gasteiger charge is 2.22. The molecule has 0 spiro atoms. The van der Waals surface area contributed by atoms with E-state index in [0.717, 1.165) is 17.5 Å². The van der Waals surface area contributed by atoms with Crippen LogP contribution in [0.1, 0.15) is 23.7 Å². The summed E-state index contributed by atoms with van der Waals surface area (Å²) in [5.74, 6) is 1.25. The van der Waals surface area contributed by atoms with Gasteiger partial charge in [-0.05, 0) is 25.6 Å². The lowest BCUT2D eigenvalue weighted by molar-refractivity contribution is 0.176. The average Bonchev–Trinajstić information content (AvgIpc) is 2.60. The summed E-state index contributed by atoms with van der Waals surface area (Å²) < 4.78 is 11.3. The van der Waals surface area contributed by atoms with Gasteiger partial charge in [-0.3, -0.25) is 0 Å². The van der Waals surface area contributed by atoms with Gasteiger partial charge in [-0.2, -0.15) is 0 Å². The van der Waals surface area contributed by atoms with E-state index in [0.29, 0.717) is 36.3 Å². The monoisotopic (exact) mass is 271 g/mol.